The zero-order valence-corrected chi connectivity index (χ0v) is 21.6. The summed E-state index contributed by atoms with van der Waals surface area (Å²) in [6.45, 7) is 8.90. The van der Waals surface area contributed by atoms with Crippen LogP contribution in [0.4, 0.5) is 21.0 Å². The molecule has 0 radical (unpaired) electrons. The SMILES string of the molecule is CC(=O)N1CCN(C(=O)N2CCN(Cc3nc4c(NC(=O)Nc5ccc(C)nc5)cccc4o3)CC2)CC1. The van der Waals surface area contributed by atoms with Crippen molar-refractivity contribution in [2.45, 2.75) is 20.4 Å². The number of hydrogen-bond acceptors (Lipinski definition) is 7. The van der Waals surface area contributed by atoms with Crippen LogP contribution < -0.4 is 10.6 Å². The lowest BCUT2D eigenvalue weighted by molar-refractivity contribution is -0.130. The van der Waals surface area contributed by atoms with Gasteiger partial charge in [0.15, 0.2) is 5.58 Å². The number of nitrogens with one attached hydrogen (secondary N) is 2. The van der Waals surface area contributed by atoms with Gasteiger partial charge in [0.05, 0.1) is 24.1 Å². The number of fused-ring (bicyclic) bond motifs is 1. The summed E-state index contributed by atoms with van der Waals surface area (Å²) >= 11 is 0. The van der Waals surface area contributed by atoms with Crippen LogP contribution >= 0.6 is 0 Å². The van der Waals surface area contributed by atoms with E-state index in [0.29, 0.717) is 87.3 Å². The third-order valence-corrected chi connectivity index (χ3v) is 6.88. The number of piperazine rings is 2. The first kappa shape index (κ1) is 25.5. The van der Waals surface area contributed by atoms with E-state index < -0.39 is 6.03 Å². The van der Waals surface area contributed by atoms with Crippen LogP contribution in [0.15, 0.2) is 40.9 Å². The molecule has 0 spiro atoms. The summed E-state index contributed by atoms with van der Waals surface area (Å²) in [4.78, 5) is 53.5. The minimum Gasteiger partial charge on any atom is -0.439 e. The summed E-state index contributed by atoms with van der Waals surface area (Å²) in [5.74, 6) is 0.605. The van der Waals surface area contributed by atoms with Gasteiger partial charge in [-0.3, -0.25) is 14.7 Å². The predicted octanol–water partition coefficient (Wildman–Crippen LogP) is 2.58. The highest BCUT2D eigenvalue weighted by atomic mass is 16.3. The van der Waals surface area contributed by atoms with Crippen LogP contribution in [-0.2, 0) is 11.3 Å². The van der Waals surface area contributed by atoms with Crippen molar-refractivity contribution in [1.82, 2.24) is 29.6 Å². The number of aryl methyl sites for hydroxylation is 1. The molecule has 2 aliphatic heterocycles. The molecule has 2 aromatic heterocycles. The minimum atomic E-state index is -0.392. The molecule has 2 saturated heterocycles. The normalized spacial score (nSPS) is 16.5. The van der Waals surface area contributed by atoms with Crippen LogP contribution in [0.5, 0.6) is 0 Å². The van der Waals surface area contributed by atoms with Gasteiger partial charge in [-0.15, -0.1) is 0 Å². The van der Waals surface area contributed by atoms with Crippen LogP contribution in [0.25, 0.3) is 11.1 Å². The number of pyridine rings is 1. The maximum Gasteiger partial charge on any atom is 0.323 e. The monoisotopic (exact) mass is 520 g/mol. The van der Waals surface area contributed by atoms with Crippen molar-refractivity contribution in [3.63, 3.8) is 0 Å². The van der Waals surface area contributed by atoms with Crippen molar-refractivity contribution in [3.8, 4) is 0 Å². The van der Waals surface area contributed by atoms with E-state index in [-0.39, 0.29) is 11.9 Å². The Morgan fingerprint density at radius 1 is 0.895 bits per heavy atom. The summed E-state index contributed by atoms with van der Waals surface area (Å²) < 4.78 is 5.97. The summed E-state index contributed by atoms with van der Waals surface area (Å²) in [5.41, 5.74) is 3.19. The number of benzene rings is 1. The number of carbonyl (C=O) groups excluding carboxylic acids is 3. The molecule has 12 heteroatoms. The highest BCUT2D eigenvalue weighted by molar-refractivity contribution is 6.04. The molecule has 4 heterocycles. The second-order valence-corrected chi connectivity index (χ2v) is 9.57. The van der Waals surface area contributed by atoms with Gasteiger partial charge >= 0.3 is 12.1 Å². The molecule has 3 aromatic rings. The van der Waals surface area contributed by atoms with Crippen LogP contribution in [0, 0.1) is 6.92 Å². The predicted molar refractivity (Wildman–Crippen MR) is 142 cm³/mol. The average molecular weight is 521 g/mol. The molecule has 0 atom stereocenters. The number of carbonyl (C=O) groups is 3. The van der Waals surface area contributed by atoms with Crippen LogP contribution in [-0.4, -0.2) is 99.9 Å². The summed E-state index contributed by atoms with van der Waals surface area (Å²) in [7, 11) is 0. The number of nitrogens with zero attached hydrogens (tertiary/aromatic N) is 6. The molecule has 0 saturated carbocycles. The highest BCUT2D eigenvalue weighted by Gasteiger charge is 2.29. The number of aromatic nitrogens is 2. The van der Waals surface area contributed by atoms with E-state index in [9.17, 15) is 14.4 Å². The van der Waals surface area contributed by atoms with Gasteiger partial charge in [-0.1, -0.05) is 6.07 Å². The zero-order valence-electron chi connectivity index (χ0n) is 21.6. The van der Waals surface area contributed by atoms with Gasteiger partial charge in [-0.2, -0.15) is 0 Å². The molecule has 0 unspecified atom stereocenters. The van der Waals surface area contributed by atoms with Crippen LogP contribution in [0.3, 0.4) is 0 Å². The van der Waals surface area contributed by atoms with E-state index in [0.717, 1.165) is 5.69 Å². The Kier molecular flexibility index (Phi) is 7.40. The van der Waals surface area contributed by atoms with E-state index in [1.807, 2.05) is 28.9 Å². The van der Waals surface area contributed by atoms with Gasteiger partial charge in [0, 0.05) is 65.0 Å². The molecule has 5 amide bonds. The quantitative estimate of drug-likeness (QED) is 0.541. The second kappa shape index (κ2) is 11.1. The van der Waals surface area contributed by atoms with Gasteiger partial charge in [0.25, 0.3) is 0 Å². The molecule has 0 aliphatic carbocycles. The van der Waals surface area contributed by atoms with Gasteiger partial charge < -0.3 is 29.8 Å². The van der Waals surface area contributed by atoms with Crippen LogP contribution in [0.2, 0.25) is 0 Å². The Morgan fingerprint density at radius 3 is 2.24 bits per heavy atom. The molecule has 200 valence electrons. The van der Waals surface area contributed by atoms with Crippen molar-refractivity contribution in [1.29, 1.82) is 0 Å². The van der Waals surface area contributed by atoms with E-state index in [1.54, 1.807) is 36.2 Å². The topological polar surface area (TPSA) is 127 Å². The fourth-order valence-electron chi connectivity index (χ4n) is 4.69. The Labute approximate surface area is 220 Å². The number of hydrogen-bond donors (Lipinski definition) is 2. The fourth-order valence-corrected chi connectivity index (χ4v) is 4.69. The van der Waals surface area contributed by atoms with E-state index in [4.69, 9.17) is 4.42 Å². The second-order valence-electron chi connectivity index (χ2n) is 9.57. The molecule has 5 rings (SSSR count). The molecular formula is C26H32N8O4. The zero-order chi connectivity index (χ0) is 26.6. The number of oxazole rings is 1. The van der Waals surface area contributed by atoms with E-state index >= 15 is 0 Å². The standard InChI is InChI=1S/C26H32N8O4/c1-18-6-7-20(16-27-18)28-25(36)29-21-4-3-5-22-24(21)30-23(38-22)17-31-8-10-33(11-9-31)26(37)34-14-12-32(13-15-34)19(2)35/h3-7,16H,8-15,17H2,1-2H3,(H2,28,29,36). The number of para-hydroxylation sites is 1. The summed E-state index contributed by atoms with van der Waals surface area (Å²) in [6.07, 6.45) is 1.60. The van der Waals surface area contributed by atoms with Gasteiger partial charge in [-0.05, 0) is 31.2 Å². The first-order valence-corrected chi connectivity index (χ1v) is 12.8. The number of amides is 5. The smallest absolute Gasteiger partial charge is 0.323 e. The lowest BCUT2D eigenvalue weighted by Crippen LogP contribution is -2.57. The van der Waals surface area contributed by atoms with Crippen molar-refractivity contribution < 1.29 is 18.8 Å². The van der Waals surface area contributed by atoms with Crippen molar-refractivity contribution in [2.24, 2.45) is 0 Å². The van der Waals surface area contributed by atoms with Crippen LogP contribution in [0.1, 0.15) is 18.5 Å². The van der Waals surface area contributed by atoms with Gasteiger partial charge in [-0.25, -0.2) is 14.6 Å². The Bertz CT molecular complexity index is 1310. The third kappa shape index (κ3) is 5.86. The maximum absolute atomic E-state index is 12.9. The molecule has 12 nitrogen and oxygen atoms in total. The molecule has 0 bridgehead atoms. The third-order valence-electron chi connectivity index (χ3n) is 6.88. The fraction of sp³-hybridized carbons (Fsp3) is 0.423. The molecule has 2 fully saturated rings. The van der Waals surface area contributed by atoms with E-state index in [1.165, 1.54) is 0 Å². The lowest BCUT2D eigenvalue weighted by atomic mass is 10.3. The minimum absolute atomic E-state index is 0.0325. The number of rotatable bonds is 4. The molecule has 2 aliphatic rings. The first-order valence-electron chi connectivity index (χ1n) is 12.8. The largest absolute Gasteiger partial charge is 0.439 e. The molecular weight excluding hydrogens is 488 g/mol. The molecule has 38 heavy (non-hydrogen) atoms. The summed E-state index contributed by atoms with van der Waals surface area (Å²) in [5, 5.41) is 5.61. The van der Waals surface area contributed by atoms with Crippen molar-refractivity contribution in [2.75, 3.05) is 63.0 Å². The maximum atomic E-state index is 12.9. The van der Waals surface area contributed by atoms with Crippen molar-refractivity contribution in [3.05, 3.63) is 48.1 Å². The first-order chi connectivity index (χ1) is 18.4. The molecule has 1 aromatic carbocycles. The molecule has 2 N–H and O–H groups in total. The summed E-state index contributed by atoms with van der Waals surface area (Å²) in [6, 6.07) is 8.66. The number of urea groups is 2. The Balaban J connectivity index is 1.14. The lowest BCUT2D eigenvalue weighted by Gasteiger charge is -2.40. The van der Waals surface area contributed by atoms with E-state index in [2.05, 4.69) is 25.5 Å². The van der Waals surface area contributed by atoms with Gasteiger partial charge in [0.2, 0.25) is 11.8 Å². The van der Waals surface area contributed by atoms with Gasteiger partial charge in [0.1, 0.15) is 5.52 Å². The Hall–Kier alpha value is -4.19. The average Bonchev–Trinajstić information content (AvgIpc) is 3.33. The van der Waals surface area contributed by atoms with Crippen molar-refractivity contribution >= 4 is 40.4 Å². The highest BCUT2D eigenvalue weighted by Crippen LogP contribution is 2.25. The Morgan fingerprint density at radius 2 is 1.58 bits per heavy atom. The number of anilines is 2.